The van der Waals surface area contributed by atoms with E-state index in [9.17, 15) is 4.79 Å². The monoisotopic (exact) mass is 261 g/mol. The van der Waals surface area contributed by atoms with Crippen molar-refractivity contribution in [2.45, 2.75) is 38.2 Å². The minimum atomic E-state index is 0.0504. The van der Waals surface area contributed by atoms with Gasteiger partial charge in [0.05, 0.1) is 6.54 Å². The van der Waals surface area contributed by atoms with Gasteiger partial charge in [0.15, 0.2) is 0 Å². The van der Waals surface area contributed by atoms with Crippen LogP contribution in [0.2, 0.25) is 0 Å². The molecule has 2 heterocycles. The molecule has 102 valence electrons. The summed E-state index contributed by atoms with van der Waals surface area (Å²) in [5, 5.41) is 7.73. The first-order chi connectivity index (χ1) is 9.33. The van der Waals surface area contributed by atoms with Crippen LogP contribution in [0.4, 0.5) is 0 Å². The molecule has 0 spiro atoms. The van der Waals surface area contributed by atoms with E-state index in [1.807, 2.05) is 11.0 Å². The van der Waals surface area contributed by atoms with Crippen molar-refractivity contribution in [3.05, 3.63) is 18.3 Å². The van der Waals surface area contributed by atoms with Crippen LogP contribution in [0.25, 0.3) is 0 Å². The molecule has 1 atom stereocenters. The van der Waals surface area contributed by atoms with E-state index in [0.29, 0.717) is 18.3 Å². The summed E-state index contributed by atoms with van der Waals surface area (Å²) in [6, 6.07) is 3.61. The summed E-state index contributed by atoms with van der Waals surface area (Å²) < 4.78 is 5.80. The van der Waals surface area contributed by atoms with Crippen molar-refractivity contribution in [1.82, 2.24) is 15.1 Å². The predicted molar refractivity (Wildman–Crippen MR) is 69.6 cm³/mol. The van der Waals surface area contributed by atoms with Crippen molar-refractivity contribution in [3.8, 4) is 5.88 Å². The van der Waals surface area contributed by atoms with E-state index in [4.69, 9.17) is 4.74 Å². The highest BCUT2D eigenvalue weighted by atomic mass is 16.5. The Morgan fingerprint density at radius 3 is 2.89 bits per heavy atom. The Bertz CT molecular complexity index is 434. The maximum Gasteiger partial charge on any atom is 0.233 e. The summed E-state index contributed by atoms with van der Waals surface area (Å²) in [6.07, 6.45) is 6.98. The predicted octanol–water partition coefficient (Wildman–Crippen LogP) is 1.65. The molecule has 2 aliphatic rings. The van der Waals surface area contributed by atoms with Gasteiger partial charge in [-0.1, -0.05) is 6.42 Å². The van der Waals surface area contributed by atoms with Crippen LogP contribution in [0.5, 0.6) is 5.88 Å². The first-order valence-corrected chi connectivity index (χ1v) is 7.06. The second kappa shape index (κ2) is 5.55. The third-order valence-electron chi connectivity index (χ3n) is 3.98. The molecule has 0 bridgehead atoms. The molecular weight excluding hydrogens is 242 g/mol. The van der Waals surface area contributed by atoms with Crippen molar-refractivity contribution in [3.63, 3.8) is 0 Å². The molecule has 0 radical (unpaired) electrons. The summed E-state index contributed by atoms with van der Waals surface area (Å²) in [6.45, 7) is 1.56. The quantitative estimate of drug-likeness (QED) is 0.830. The Hall–Kier alpha value is -1.65. The number of carbonyl (C=O) groups excluding carboxylic acids is 1. The molecule has 0 aromatic carbocycles. The minimum Gasteiger partial charge on any atom is -0.471 e. The standard InChI is InChI=1S/C14H19N3O2/c18-14(11-4-1-5-11)17-9-3-6-12(10-17)19-13-7-2-8-15-16-13/h2,7-8,11-12H,1,3-6,9-10H2. The van der Waals surface area contributed by atoms with Gasteiger partial charge in [-0.3, -0.25) is 4.79 Å². The third-order valence-corrected chi connectivity index (χ3v) is 3.98. The third kappa shape index (κ3) is 2.85. The van der Waals surface area contributed by atoms with Gasteiger partial charge in [0, 0.05) is 24.7 Å². The van der Waals surface area contributed by atoms with E-state index in [1.54, 1.807) is 12.3 Å². The lowest BCUT2D eigenvalue weighted by molar-refractivity contribution is -0.140. The first-order valence-electron chi connectivity index (χ1n) is 7.06. The van der Waals surface area contributed by atoms with Crippen LogP contribution in [0.15, 0.2) is 18.3 Å². The summed E-state index contributed by atoms with van der Waals surface area (Å²) in [5.74, 6) is 1.14. The van der Waals surface area contributed by atoms with Gasteiger partial charge in [-0.15, -0.1) is 5.10 Å². The molecule has 19 heavy (non-hydrogen) atoms. The lowest BCUT2D eigenvalue weighted by Gasteiger charge is -2.36. The van der Waals surface area contributed by atoms with Crippen LogP contribution < -0.4 is 4.74 Å². The Morgan fingerprint density at radius 1 is 1.32 bits per heavy atom. The summed E-state index contributed by atoms with van der Waals surface area (Å²) in [4.78, 5) is 14.2. The highest BCUT2D eigenvalue weighted by molar-refractivity contribution is 5.79. The Kier molecular flexibility index (Phi) is 3.62. The van der Waals surface area contributed by atoms with Crippen LogP contribution in [-0.4, -0.2) is 40.2 Å². The number of rotatable bonds is 3. The number of amides is 1. The second-order valence-electron chi connectivity index (χ2n) is 5.36. The molecule has 1 aromatic heterocycles. The van der Waals surface area contributed by atoms with E-state index in [-0.39, 0.29) is 12.0 Å². The minimum absolute atomic E-state index is 0.0504. The Balaban J connectivity index is 1.57. The highest BCUT2D eigenvalue weighted by Crippen LogP contribution is 2.29. The van der Waals surface area contributed by atoms with E-state index >= 15 is 0 Å². The molecule has 1 unspecified atom stereocenters. The molecule has 5 heteroatoms. The van der Waals surface area contributed by atoms with Crippen molar-refractivity contribution >= 4 is 5.91 Å². The van der Waals surface area contributed by atoms with Gasteiger partial charge in [-0.05, 0) is 31.7 Å². The van der Waals surface area contributed by atoms with Crippen LogP contribution >= 0.6 is 0 Å². The number of likely N-dealkylation sites (tertiary alicyclic amines) is 1. The molecule has 1 saturated heterocycles. The van der Waals surface area contributed by atoms with E-state index in [2.05, 4.69) is 10.2 Å². The van der Waals surface area contributed by atoms with Gasteiger partial charge in [-0.2, -0.15) is 5.10 Å². The summed E-state index contributed by atoms with van der Waals surface area (Å²) in [7, 11) is 0. The molecule has 1 saturated carbocycles. The SMILES string of the molecule is O=C(C1CCC1)N1CCCC(Oc2cccnn2)C1. The number of hydrogen-bond acceptors (Lipinski definition) is 4. The average Bonchev–Trinajstić information content (AvgIpc) is 2.38. The van der Waals surface area contributed by atoms with Crippen molar-refractivity contribution in [2.24, 2.45) is 5.92 Å². The molecule has 1 aliphatic carbocycles. The fourth-order valence-electron chi connectivity index (χ4n) is 2.67. The molecule has 5 nitrogen and oxygen atoms in total. The van der Waals surface area contributed by atoms with Crippen LogP contribution in [0.3, 0.4) is 0 Å². The van der Waals surface area contributed by atoms with Gasteiger partial charge in [0.2, 0.25) is 11.8 Å². The Morgan fingerprint density at radius 2 is 2.21 bits per heavy atom. The van der Waals surface area contributed by atoms with Gasteiger partial charge in [0.1, 0.15) is 6.10 Å². The Labute approximate surface area is 113 Å². The molecule has 0 N–H and O–H groups in total. The first kappa shape index (κ1) is 12.4. The number of nitrogens with zero attached hydrogens (tertiary/aromatic N) is 3. The van der Waals surface area contributed by atoms with Gasteiger partial charge >= 0.3 is 0 Å². The van der Waals surface area contributed by atoms with Gasteiger partial charge < -0.3 is 9.64 Å². The van der Waals surface area contributed by atoms with Gasteiger partial charge in [0.25, 0.3) is 0 Å². The van der Waals surface area contributed by atoms with Crippen LogP contribution in [0.1, 0.15) is 32.1 Å². The molecule has 1 aromatic rings. The van der Waals surface area contributed by atoms with E-state index in [1.165, 1.54) is 6.42 Å². The van der Waals surface area contributed by atoms with E-state index in [0.717, 1.165) is 32.2 Å². The van der Waals surface area contributed by atoms with Crippen molar-refractivity contribution in [2.75, 3.05) is 13.1 Å². The van der Waals surface area contributed by atoms with Crippen LogP contribution in [0, 0.1) is 5.92 Å². The zero-order chi connectivity index (χ0) is 13.1. The molecule has 3 rings (SSSR count). The highest BCUT2D eigenvalue weighted by Gasteiger charge is 2.32. The summed E-state index contributed by atoms with van der Waals surface area (Å²) in [5.41, 5.74) is 0. The molecule has 1 amide bonds. The van der Waals surface area contributed by atoms with Crippen molar-refractivity contribution in [1.29, 1.82) is 0 Å². The lowest BCUT2D eigenvalue weighted by atomic mass is 9.84. The second-order valence-corrected chi connectivity index (χ2v) is 5.36. The fraction of sp³-hybridized carbons (Fsp3) is 0.643. The van der Waals surface area contributed by atoms with Crippen molar-refractivity contribution < 1.29 is 9.53 Å². The number of aromatic nitrogens is 2. The largest absolute Gasteiger partial charge is 0.471 e. The zero-order valence-electron chi connectivity index (χ0n) is 11.0. The number of carbonyl (C=O) groups is 1. The number of ether oxygens (including phenoxy) is 1. The summed E-state index contributed by atoms with van der Waals surface area (Å²) >= 11 is 0. The number of piperidine rings is 1. The molecule has 1 aliphatic heterocycles. The van der Waals surface area contributed by atoms with Crippen LogP contribution in [-0.2, 0) is 4.79 Å². The maximum atomic E-state index is 12.2. The normalized spacial score (nSPS) is 23.8. The smallest absolute Gasteiger partial charge is 0.233 e. The van der Waals surface area contributed by atoms with Gasteiger partial charge in [-0.25, -0.2) is 0 Å². The van der Waals surface area contributed by atoms with E-state index < -0.39 is 0 Å². The number of hydrogen-bond donors (Lipinski definition) is 0. The fourth-order valence-corrected chi connectivity index (χ4v) is 2.67. The zero-order valence-corrected chi connectivity index (χ0v) is 11.0. The molecule has 2 fully saturated rings. The topological polar surface area (TPSA) is 55.3 Å². The maximum absolute atomic E-state index is 12.2. The lowest BCUT2D eigenvalue weighted by Crippen LogP contribution is -2.47. The molecular formula is C14H19N3O2. The average molecular weight is 261 g/mol.